The first-order valence-corrected chi connectivity index (χ1v) is 12.4. The average Bonchev–Trinajstić information content (AvgIpc) is 3.45. The summed E-state index contributed by atoms with van der Waals surface area (Å²) in [6.45, 7) is 1.45. The third-order valence-electron chi connectivity index (χ3n) is 6.63. The minimum Gasteiger partial charge on any atom is -0.380 e. The maximum absolute atomic E-state index is 14.3. The number of nitrogens with one attached hydrogen (secondary N) is 3. The summed E-state index contributed by atoms with van der Waals surface area (Å²) < 4.78 is 54.7. The summed E-state index contributed by atoms with van der Waals surface area (Å²) in [6, 6.07) is 6.68. The first-order valence-electron chi connectivity index (χ1n) is 11.5. The van der Waals surface area contributed by atoms with Crippen LogP contribution in [-0.4, -0.2) is 51.5 Å². The van der Waals surface area contributed by atoms with Crippen LogP contribution in [0.25, 0.3) is 10.2 Å². The summed E-state index contributed by atoms with van der Waals surface area (Å²) in [7, 11) is 0. The molecule has 3 unspecified atom stereocenters. The van der Waals surface area contributed by atoms with E-state index in [2.05, 4.69) is 25.9 Å². The van der Waals surface area contributed by atoms with Gasteiger partial charge >= 0.3 is 6.18 Å². The molecular weight excluding hydrogens is 498 g/mol. The van der Waals surface area contributed by atoms with Crippen LogP contribution in [0.5, 0.6) is 0 Å². The normalized spacial score (nSPS) is 20.6. The molecule has 2 heterocycles. The molecule has 0 radical (unpaired) electrons. The summed E-state index contributed by atoms with van der Waals surface area (Å²) in [6.07, 6.45) is -2.94. The Morgan fingerprint density at radius 2 is 2.03 bits per heavy atom. The zero-order chi connectivity index (χ0) is 26.1. The number of amides is 1. The molecule has 12 heteroatoms. The van der Waals surface area contributed by atoms with Crippen LogP contribution in [0.15, 0.2) is 36.0 Å². The third kappa shape index (κ3) is 5.54. The van der Waals surface area contributed by atoms with Gasteiger partial charge in [-0.15, -0.1) is 11.3 Å². The molecule has 1 fully saturated rings. The van der Waals surface area contributed by atoms with E-state index in [4.69, 9.17) is 0 Å². The molecule has 1 aliphatic carbocycles. The van der Waals surface area contributed by atoms with Crippen LogP contribution in [0, 0.1) is 5.92 Å². The number of carbonyl (C=O) groups is 1. The van der Waals surface area contributed by atoms with Gasteiger partial charge in [0.15, 0.2) is 5.60 Å². The number of hydrogen-bond donors (Lipinski definition) is 4. The van der Waals surface area contributed by atoms with E-state index < -0.39 is 42.4 Å². The van der Waals surface area contributed by atoms with Gasteiger partial charge in [0.25, 0.3) is 5.91 Å². The van der Waals surface area contributed by atoms with Gasteiger partial charge in [-0.25, -0.2) is 14.4 Å². The van der Waals surface area contributed by atoms with Crippen molar-refractivity contribution in [2.24, 2.45) is 5.92 Å². The number of nitrogens with zero attached hydrogens (tertiary/aromatic N) is 2. The molecule has 1 saturated carbocycles. The molecule has 7 nitrogen and oxygen atoms in total. The molecule has 4 N–H and O–H groups in total. The Kier molecular flexibility index (Phi) is 7.37. The van der Waals surface area contributed by atoms with Crippen LogP contribution in [-0.2, 0) is 0 Å². The summed E-state index contributed by atoms with van der Waals surface area (Å²) in [5.41, 5.74) is 0.755. The minimum absolute atomic E-state index is 0.0661. The van der Waals surface area contributed by atoms with Crippen LogP contribution in [0.4, 0.5) is 34.8 Å². The Labute approximate surface area is 209 Å². The standard InChI is InChI=1S/C24H27F4N5O2S/c1-13(23(2,35)24(26,27)28)10-30-22(34)15-11-29-21(9-19(15)33-17-5-3-4-16(17)25)32-14-6-7-18-20(8-14)36-12-31-18/h6-9,11-13,16-17,35H,3-5,10H2,1-2H3,(H,30,34)(H2,29,32,33)/t13-,16?,17?,23?/m1/s1. The van der Waals surface area contributed by atoms with Crippen molar-refractivity contribution in [3.8, 4) is 0 Å². The monoisotopic (exact) mass is 525 g/mol. The van der Waals surface area contributed by atoms with Crippen molar-refractivity contribution in [3.05, 3.63) is 41.5 Å². The summed E-state index contributed by atoms with van der Waals surface area (Å²) >= 11 is 1.49. The van der Waals surface area contributed by atoms with Crippen molar-refractivity contribution < 1.29 is 27.5 Å². The van der Waals surface area contributed by atoms with E-state index in [0.717, 1.165) is 15.9 Å². The predicted octanol–water partition coefficient (Wildman–Crippen LogP) is 5.42. The number of fused-ring (bicyclic) bond motifs is 1. The smallest absolute Gasteiger partial charge is 0.380 e. The number of hydrogen-bond acceptors (Lipinski definition) is 7. The molecule has 36 heavy (non-hydrogen) atoms. The predicted molar refractivity (Wildman–Crippen MR) is 131 cm³/mol. The second kappa shape index (κ2) is 10.2. The van der Waals surface area contributed by atoms with Crippen LogP contribution < -0.4 is 16.0 Å². The van der Waals surface area contributed by atoms with E-state index in [1.54, 1.807) is 11.6 Å². The number of alkyl halides is 4. The molecule has 1 aliphatic rings. The molecule has 1 aromatic carbocycles. The SMILES string of the molecule is C[C@H](CNC(=O)c1cnc(Nc2ccc3ncsc3c2)cc1NC1CCCC1F)C(C)(O)C(F)(F)F. The number of pyridine rings is 1. The second-order valence-electron chi connectivity index (χ2n) is 9.23. The van der Waals surface area contributed by atoms with Gasteiger partial charge in [-0.3, -0.25) is 4.79 Å². The lowest BCUT2D eigenvalue weighted by Gasteiger charge is -2.32. The maximum atomic E-state index is 14.3. The van der Waals surface area contributed by atoms with Gasteiger partial charge in [-0.1, -0.05) is 6.92 Å². The van der Waals surface area contributed by atoms with E-state index in [-0.39, 0.29) is 5.56 Å². The number of anilines is 3. The van der Waals surface area contributed by atoms with E-state index in [1.165, 1.54) is 24.5 Å². The third-order valence-corrected chi connectivity index (χ3v) is 7.42. The van der Waals surface area contributed by atoms with Crippen molar-refractivity contribution >= 4 is 44.7 Å². The van der Waals surface area contributed by atoms with Crippen molar-refractivity contribution in [2.75, 3.05) is 17.2 Å². The molecule has 4 atom stereocenters. The van der Waals surface area contributed by atoms with Gasteiger partial charge in [-0.2, -0.15) is 13.2 Å². The van der Waals surface area contributed by atoms with E-state index in [1.807, 2.05) is 18.2 Å². The highest BCUT2D eigenvalue weighted by atomic mass is 32.1. The van der Waals surface area contributed by atoms with Gasteiger partial charge in [0.05, 0.1) is 33.0 Å². The van der Waals surface area contributed by atoms with Gasteiger partial charge in [0.1, 0.15) is 12.0 Å². The number of rotatable bonds is 8. The number of aromatic nitrogens is 2. The number of halogens is 4. The zero-order valence-corrected chi connectivity index (χ0v) is 20.5. The minimum atomic E-state index is -4.85. The van der Waals surface area contributed by atoms with Gasteiger partial charge in [-0.05, 0) is 44.4 Å². The molecule has 194 valence electrons. The fraction of sp³-hybridized carbons (Fsp3) is 0.458. The highest BCUT2D eigenvalue weighted by molar-refractivity contribution is 7.16. The van der Waals surface area contributed by atoms with Crippen molar-refractivity contribution in [1.82, 2.24) is 15.3 Å². The van der Waals surface area contributed by atoms with Crippen molar-refractivity contribution in [3.63, 3.8) is 0 Å². The molecule has 2 aromatic heterocycles. The lowest BCUT2D eigenvalue weighted by atomic mass is 9.90. The Hall–Kier alpha value is -2.99. The second-order valence-corrected chi connectivity index (χ2v) is 10.1. The van der Waals surface area contributed by atoms with Crippen LogP contribution in [0.1, 0.15) is 43.5 Å². The quantitative estimate of drug-likeness (QED) is 0.293. The summed E-state index contributed by atoms with van der Waals surface area (Å²) in [5.74, 6) is -1.58. The van der Waals surface area contributed by atoms with E-state index in [0.29, 0.717) is 37.7 Å². The van der Waals surface area contributed by atoms with Gasteiger partial charge in [0, 0.05) is 30.4 Å². The Bertz CT molecular complexity index is 1230. The molecule has 0 saturated heterocycles. The molecule has 1 amide bonds. The Morgan fingerprint density at radius 3 is 2.72 bits per heavy atom. The first-order chi connectivity index (χ1) is 17.0. The fourth-order valence-corrected chi connectivity index (χ4v) is 4.72. The molecule has 0 bridgehead atoms. The van der Waals surface area contributed by atoms with E-state index >= 15 is 0 Å². The highest BCUT2D eigenvalue weighted by Crippen LogP contribution is 2.36. The van der Waals surface area contributed by atoms with Crippen LogP contribution in [0.3, 0.4) is 0 Å². The lowest BCUT2D eigenvalue weighted by molar-refractivity contribution is -0.269. The van der Waals surface area contributed by atoms with E-state index in [9.17, 15) is 27.5 Å². The Morgan fingerprint density at radius 1 is 1.25 bits per heavy atom. The highest BCUT2D eigenvalue weighted by Gasteiger charge is 2.53. The molecular formula is C24H27F4N5O2S. The zero-order valence-electron chi connectivity index (χ0n) is 19.7. The number of thiazole rings is 1. The number of aliphatic hydroxyl groups is 1. The number of carbonyl (C=O) groups excluding carboxylic acids is 1. The van der Waals surface area contributed by atoms with Crippen LogP contribution in [0.2, 0.25) is 0 Å². The molecule has 0 aliphatic heterocycles. The van der Waals surface area contributed by atoms with Crippen LogP contribution >= 0.6 is 11.3 Å². The van der Waals surface area contributed by atoms with Gasteiger partial charge in [0.2, 0.25) is 0 Å². The number of benzene rings is 1. The average molecular weight is 526 g/mol. The largest absolute Gasteiger partial charge is 0.417 e. The molecule has 4 rings (SSSR count). The van der Waals surface area contributed by atoms with Crippen molar-refractivity contribution in [1.29, 1.82) is 0 Å². The maximum Gasteiger partial charge on any atom is 0.417 e. The Balaban J connectivity index is 1.54. The molecule has 3 aromatic rings. The van der Waals surface area contributed by atoms with Gasteiger partial charge < -0.3 is 21.1 Å². The summed E-state index contributed by atoms with van der Waals surface area (Å²) in [5, 5.41) is 18.5. The first kappa shape index (κ1) is 26.1. The van der Waals surface area contributed by atoms with Crippen molar-refractivity contribution in [2.45, 2.75) is 57.1 Å². The molecule has 0 spiro atoms. The lowest BCUT2D eigenvalue weighted by Crippen LogP contribution is -2.51. The summed E-state index contributed by atoms with van der Waals surface area (Å²) in [4.78, 5) is 21.4. The fourth-order valence-electron chi connectivity index (χ4n) is 4.00. The topological polar surface area (TPSA) is 99.2 Å².